The first-order valence-electron chi connectivity index (χ1n) is 11.5. The predicted octanol–water partition coefficient (Wildman–Crippen LogP) is 5.63. The Hall–Kier alpha value is -4.79. The Kier molecular flexibility index (Phi) is 7.82. The average Bonchev–Trinajstić information content (AvgIpc) is 3.41. The van der Waals surface area contributed by atoms with Crippen LogP contribution in [0.5, 0.6) is 0 Å². The molecule has 0 bridgehead atoms. The number of benzene rings is 3. The predicted molar refractivity (Wildman–Crippen MR) is 147 cm³/mol. The number of hydrogen-bond acceptors (Lipinski definition) is 4. The lowest BCUT2D eigenvalue weighted by Gasteiger charge is -2.11. The van der Waals surface area contributed by atoms with Crippen LogP contribution in [0.1, 0.15) is 24.0 Å². The van der Waals surface area contributed by atoms with E-state index < -0.39 is 6.03 Å². The van der Waals surface area contributed by atoms with Gasteiger partial charge < -0.3 is 21.3 Å². The van der Waals surface area contributed by atoms with Crippen LogP contribution < -0.4 is 21.3 Å². The molecule has 1 heterocycles. The molecule has 0 fully saturated rings. The van der Waals surface area contributed by atoms with Crippen LogP contribution in [0, 0.1) is 0 Å². The van der Waals surface area contributed by atoms with Gasteiger partial charge in [0.25, 0.3) is 0 Å². The van der Waals surface area contributed by atoms with E-state index in [0.29, 0.717) is 28.6 Å². The summed E-state index contributed by atoms with van der Waals surface area (Å²) in [7, 11) is 1.64. The highest BCUT2D eigenvalue weighted by Gasteiger charge is 2.11. The van der Waals surface area contributed by atoms with E-state index in [2.05, 4.69) is 43.0 Å². The second-order valence-corrected chi connectivity index (χ2v) is 8.03. The number of amides is 4. The largest absolute Gasteiger partial charge is 0.323 e. The van der Waals surface area contributed by atoms with Crippen molar-refractivity contribution in [3.05, 3.63) is 83.9 Å². The first-order chi connectivity index (χ1) is 17.5. The highest BCUT2D eigenvalue weighted by atomic mass is 16.2. The first-order valence-corrected chi connectivity index (χ1v) is 11.5. The molecule has 0 aliphatic carbocycles. The van der Waals surface area contributed by atoms with Crippen molar-refractivity contribution in [2.75, 3.05) is 34.9 Å². The summed E-state index contributed by atoms with van der Waals surface area (Å²) in [5.41, 5.74) is 5.24. The monoisotopic (exact) mass is 481 g/mol. The van der Waals surface area contributed by atoms with Gasteiger partial charge in [0, 0.05) is 47.6 Å². The van der Waals surface area contributed by atoms with E-state index in [-0.39, 0.29) is 6.03 Å². The van der Waals surface area contributed by atoms with Gasteiger partial charge in [0.2, 0.25) is 0 Å². The van der Waals surface area contributed by atoms with Crippen molar-refractivity contribution < 1.29 is 9.59 Å². The molecule has 1 aliphatic heterocycles. The summed E-state index contributed by atoms with van der Waals surface area (Å²) in [5.74, 6) is 0.523. The summed E-state index contributed by atoms with van der Waals surface area (Å²) in [6, 6.07) is 20.8. The highest BCUT2D eigenvalue weighted by Crippen LogP contribution is 2.19. The summed E-state index contributed by atoms with van der Waals surface area (Å²) >= 11 is 0. The van der Waals surface area contributed by atoms with E-state index in [1.165, 1.54) is 0 Å². The van der Waals surface area contributed by atoms with Gasteiger partial charge in [0.15, 0.2) is 5.84 Å². The van der Waals surface area contributed by atoms with Gasteiger partial charge in [-0.2, -0.15) is 0 Å². The van der Waals surface area contributed by atoms with E-state index in [0.717, 1.165) is 36.2 Å². The molecule has 4 N–H and O–H groups in total. The summed E-state index contributed by atoms with van der Waals surface area (Å²) < 4.78 is 0. The van der Waals surface area contributed by atoms with Gasteiger partial charge >= 0.3 is 12.1 Å². The lowest BCUT2D eigenvalue weighted by atomic mass is 10.1. The number of amidine groups is 1. The molecule has 182 valence electrons. The summed E-state index contributed by atoms with van der Waals surface area (Å²) in [4.78, 5) is 37.4. The van der Waals surface area contributed by atoms with Gasteiger partial charge in [0.1, 0.15) is 0 Å². The van der Waals surface area contributed by atoms with Crippen molar-refractivity contribution in [3.8, 4) is 0 Å². The number of aliphatic imine (C=N–C) groups is 3. The van der Waals surface area contributed by atoms with Crippen LogP contribution in [-0.4, -0.2) is 43.9 Å². The Labute approximate surface area is 209 Å². The minimum atomic E-state index is -0.415. The molecule has 0 aromatic heterocycles. The van der Waals surface area contributed by atoms with Gasteiger partial charge in [-0.05, 0) is 79.7 Å². The fourth-order valence-corrected chi connectivity index (χ4v) is 3.81. The third-order valence-electron chi connectivity index (χ3n) is 5.47. The molecular formula is C27H27N7O2. The van der Waals surface area contributed by atoms with Crippen molar-refractivity contribution in [2.45, 2.75) is 12.8 Å². The minimum absolute atomic E-state index is 0.383. The molecule has 0 radical (unpaired) electrons. The number of urea groups is 2. The number of anilines is 4. The maximum atomic E-state index is 12.5. The van der Waals surface area contributed by atoms with Gasteiger partial charge in [0.05, 0.1) is 0 Å². The SMILES string of the molecule is C=NC(=NC)c1ccc(NC(=O)Nc2cccc(NC(=O)Nc3cccc(C4=NCCC4)c3)c2)cc1. The Bertz CT molecular complexity index is 1330. The van der Waals surface area contributed by atoms with Crippen LogP contribution in [0.15, 0.2) is 87.8 Å². The maximum absolute atomic E-state index is 12.5. The summed E-state index contributed by atoms with van der Waals surface area (Å²) in [5, 5.41) is 11.2. The summed E-state index contributed by atoms with van der Waals surface area (Å²) in [6.45, 7) is 4.35. The lowest BCUT2D eigenvalue weighted by molar-refractivity contribution is 0.261. The molecule has 3 aromatic rings. The van der Waals surface area contributed by atoms with E-state index in [9.17, 15) is 9.59 Å². The zero-order chi connectivity index (χ0) is 25.3. The average molecular weight is 482 g/mol. The number of nitrogens with one attached hydrogen (secondary N) is 4. The fourth-order valence-electron chi connectivity index (χ4n) is 3.81. The van der Waals surface area contributed by atoms with Crippen molar-refractivity contribution in [1.82, 2.24) is 0 Å². The number of rotatable bonds is 6. The molecule has 9 nitrogen and oxygen atoms in total. The summed E-state index contributed by atoms with van der Waals surface area (Å²) in [6.07, 6.45) is 2.01. The number of carbonyl (C=O) groups is 2. The Balaban J connectivity index is 1.32. The molecule has 9 heteroatoms. The molecule has 0 saturated carbocycles. The normalized spacial score (nSPS) is 12.9. The number of carbonyl (C=O) groups excluding carboxylic acids is 2. The van der Waals surface area contributed by atoms with Crippen LogP contribution in [0.4, 0.5) is 32.3 Å². The first kappa shape index (κ1) is 24.3. The molecule has 0 saturated heterocycles. The highest BCUT2D eigenvalue weighted by molar-refractivity contribution is 6.05. The fraction of sp³-hybridized carbons (Fsp3) is 0.148. The zero-order valence-electron chi connectivity index (χ0n) is 19.9. The number of hydrogen-bond donors (Lipinski definition) is 4. The molecule has 4 amide bonds. The van der Waals surface area contributed by atoms with Crippen molar-refractivity contribution in [1.29, 1.82) is 0 Å². The molecular weight excluding hydrogens is 454 g/mol. The molecule has 3 aromatic carbocycles. The van der Waals surface area contributed by atoms with E-state index in [1.54, 1.807) is 55.6 Å². The molecule has 4 rings (SSSR count). The van der Waals surface area contributed by atoms with Crippen molar-refractivity contribution in [3.63, 3.8) is 0 Å². The van der Waals surface area contributed by atoms with Crippen LogP contribution >= 0.6 is 0 Å². The van der Waals surface area contributed by atoms with Gasteiger partial charge in [-0.15, -0.1) is 0 Å². The number of nitrogens with zero attached hydrogens (tertiary/aromatic N) is 3. The third kappa shape index (κ3) is 6.41. The lowest BCUT2D eigenvalue weighted by Crippen LogP contribution is -2.21. The zero-order valence-corrected chi connectivity index (χ0v) is 19.9. The Morgan fingerprint density at radius 3 is 1.94 bits per heavy atom. The third-order valence-corrected chi connectivity index (χ3v) is 5.47. The van der Waals surface area contributed by atoms with Crippen LogP contribution in [0.25, 0.3) is 0 Å². The Morgan fingerprint density at radius 1 is 0.806 bits per heavy atom. The standard InChI is InChI=1S/C27H27N7O2/c1-28-25(29-2)18-11-13-20(14-12-18)31-26(35)33-22-8-4-9-23(17-22)34-27(36)32-21-7-3-6-19(16-21)24-10-5-15-30-24/h3-4,6-9,11-14,16-17H,1,5,10,15H2,2H3,(H2,31,33,35)(H2,32,34,36). The second-order valence-electron chi connectivity index (χ2n) is 8.03. The molecule has 0 spiro atoms. The van der Waals surface area contributed by atoms with Crippen LogP contribution in [0.2, 0.25) is 0 Å². The van der Waals surface area contributed by atoms with Gasteiger partial charge in [-0.3, -0.25) is 9.98 Å². The van der Waals surface area contributed by atoms with E-state index in [4.69, 9.17) is 0 Å². The molecule has 0 atom stereocenters. The van der Waals surface area contributed by atoms with Gasteiger partial charge in [-0.1, -0.05) is 18.2 Å². The maximum Gasteiger partial charge on any atom is 0.323 e. The van der Waals surface area contributed by atoms with Crippen molar-refractivity contribution >= 4 is 53.1 Å². The minimum Gasteiger partial charge on any atom is -0.308 e. The van der Waals surface area contributed by atoms with Gasteiger partial charge in [-0.25, -0.2) is 14.6 Å². The topological polar surface area (TPSA) is 119 Å². The smallest absolute Gasteiger partial charge is 0.308 e. The second kappa shape index (κ2) is 11.6. The molecule has 1 aliphatic rings. The molecule has 36 heavy (non-hydrogen) atoms. The quantitative estimate of drug-likeness (QED) is 0.269. The van der Waals surface area contributed by atoms with E-state index in [1.807, 2.05) is 24.3 Å². The Morgan fingerprint density at radius 2 is 1.39 bits per heavy atom. The molecule has 0 unspecified atom stereocenters. The van der Waals surface area contributed by atoms with Crippen LogP contribution in [0.3, 0.4) is 0 Å². The van der Waals surface area contributed by atoms with E-state index >= 15 is 0 Å². The van der Waals surface area contributed by atoms with Crippen molar-refractivity contribution in [2.24, 2.45) is 15.0 Å². The van der Waals surface area contributed by atoms with Crippen LogP contribution in [-0.2, 0) is 0 Å².